The summed E-state index contributed by atoms with van der Waals surface area (Å²) in [6.45, 7) is 1.03. The average Bonchev–Trinajstić information content (AvgIpc) is 3.19. The fourth-order valence-electron chi connectivity index (χ4n) is 2.41. The van der Waals surface area contributed by atoms with E-state index in [1.807, 2.05) is 0 Å². The van der Waals surface area contributed by atoms with E-state index in [0.717, 1.165) is 24.2 Å². The summed E-state index contributed by atoms with van der Waals surface area (Å²) in [5, 5.41) is 4.02. The fourth-order valence-corrected chi connectivity index (χ4v) is 5.08. The molecular formula is C15H15FN2O3S2. The highest BCUT2D eigenvalue weighted by molar-refractivity contribution is 7.89. The normalized spacial score (nSPS) is 15.7. The van der Waals surface area contributed by atoms with Crippen molar-refractivity contribution in [2.24, 2.45) is 0 Å². The van der Waals surface area contributed by atoms with Crippen molar-refractivity contribution in [3.8, 4) is 0 Å². The second-order valence-electron chi connectivity index (χ2n) is 5.22. The van der Waals surface area contributed by atoms with E-state index in [9.17, 15) is 17.6 Å². The number of halogens is 1. The highest BCUT2D eigenvalue weighted by Gasteiger charge is 2.28. The number of rotatable bonds is 4. The monoisotopic (exact) mass is 354 g/mol. The van der Waals surface area contributed by atoms with Gasteiger partial charge in [0, 0.05) is 24.2 Å². The summed E-state index contributed by atoms with van der Waals surface area (Å²) in [7, 11) is -3.53. The van der Waals surface area contributed by atoms with Gasteiger partial charge in [0.2, 0.25) is 10.0 Å². The molecule has 5 nitrogen and oxygen atoms in total. The Balaban J connectivity index is 1.77. The minimum Gasteiger partial charge on any atom is -0.321 e. The van der Waals surface area contributed by atoms with Gasteiger partial charge in [0.15, 0.2) is 0 Å². The molecule has 0 atom stereocenters. The van der Waals surface area contributed by atoms with Crippen LogP contribution in [-0.4, -0.2) is 31.7 Å². The SMILES string of the molecule is O=C(Nc1cccc(F)c1)c1cc(S(=O)(=O)N2CCCC2)cs1. The first-order chi connectivity index (χ1) is 11.0. The third kappa shape index (κ3) is 3.44. The standard InChI is InChI=1S/C15H15FN2O3S2/c16-11-4-3-5-12(8-11)17-15(19)14-9-13(10-22-14)23(20,21)18-6-1-2-7-18/h3-5,8-10H,1-2,6-7H2,(H,17,19). The molecule has 3 rings (SSSR count). The van der Waals surface area contributed by atoms with Gasteiger partial charge in [0.05, 0.1) is 9.77 Å². The fraction of sp³-hybridized carbons (Fsp3) is 0.267. The summed E-state index contributed by atoms with van der Waals surface area (Å²) >= 11 is 1.06. The van der Waals surface area contributed by atoms with E-state index in [1.54, 1.807) is 6.07 Å². The van der Waals surface area contributed by atoms with Gasteiger partial charge in [-0.1, -0.05) is 6.07 Å². The Morgan fingerprint density at radius 3 is 2.65 bits per heavy atom. The van der Waals surface area contributed by atoms with E-state index >= 15 is 0 Å². The Labute approximate surface area is 137 Å². The zero-order valence-corrected chi connectivity index (χ0v) is 13.8. The maximum Gasteiger partial charge on any atom is 0.265 e. The minimum absolute atomic E-state index is 0.133. The van der Waals surface area contributed by atoms with Crippen LogP contribution in [0, 0.1) is 5.82 Å². The van der Waals surface area contributed by atoms with Crippen LogP contribution in [0.5, 0.6) is 0 Å². The summed E-state index contributed by atoms with van der Waals surface area (Å²) in [6.07, 6.45) is 1.71. The molecule has 2 heterocycles. The van der Waals surface area contributed by atoms with Crippen molar-refractivity contribution >= 4 is 33.0 Å². The van der Waals surface area contributed by atoms with Crippen LogP contribution in [0.3, 0.4) is 0 Å². The Kier molecular flexibility index (Phi) is 4.47. The van der Waals surface area contributed by atoms with Gasteiger partial charge in [-0.2, -0.15) is 4.31 Å². The predicted molar refractivity (Wildman–Crippen MR) is 86.7 cm³/mol. The molecule has 0 aliphatic carbocycles. The smallest absolute Gasteiger partial charge is 0.265 e. The van der Waals surface area contributed by atoms with Crippen molar-refractivity contribution in [2.45, 2.75) is 17.7 Å². The number of hydrogen-bond acceptors (Lipinski definition) is 4. The summed E-state index contributed by atoms with van der Waals surface area (Å²) in [5.74, 6) is -0.908. The number of thiophene rings is 1. The second-order valence-corrected chi connectivity index (χ2v) is 8.07. The number of nitrogens with one attached hydrogen (secondary N) is 1. The van der Waals surface area contributed by atoms with E-state index in [2.05, 4.69) is 5.32 Å². The van der Waals surface area contributed by atoms with Crippen LogP contribution >= 0.6 is 11.3 Å². The summed E-state index contributed by atoms with van der Waals surface area (Å²) in [4.78, 5) is 12.6. The lowest BCUT2D eigenvalue weighted by Gasteiger charge is -2.13. The van der Waals surface area contributed by atoms with E-state index < -0.39 is 21.7 Å². The Bertz CT molecular complexity index is 827. The molecule has 0 radical (unpaired) electrons. The molecule has 0 unspecified atom stereocenters. The van der Waals surface area contributed by atoms with Crippen molar-refractivity contribution < 1.29 is 17.6 Å². The highest BCUT2D eigenvalue weighted by atomic mass is 32.2. The van der Waals surface area contributed by atoms with Crippen LogP contribution < -0.4 is 5.32 Å². The number of carbonyl (C=O) groups excluding carboxylic acids is 1. The maximum atomic E-state index is 13.1. The molecule has 2 aromatic rings. The highest BCUT2D eigenvalue weighted by Crippen LogP contribution is 2.26. The van der Waals surface area contributed by atoms with Gasteiger partial charge in [-0.15, -0.1) is 11.3 Å². The van der Waals surface area contributed by atoms with Crippen LogP contribution in [0.4, 0.5) is 10.1 Å². The van der Waals surface area contributed by atoms with Crippen molar-refractivity contribution in [1.82, 2.24) is 4.31 Å². The molecule has 1 fully saturated rings. The molecule has 23 heavy (non-hydrogen) atoms. The van der Waals surface area contributed by atoms with Crippen LogP contribution in [0.15, 0.2) is 40.6 Å². The number of nitrogens with zero attached hydrogens (tertiary/aromatic N) is 1. The minimum atomic E-state index is -3.53. The lowest BCUT2D eigenvalue weighted by molar-refractivity contribution is 0.103. The molecule has 0 saturated carbocycles. The first-order valence-corrected chi connectivity index (χ1v) is 9.44. The van der Waals surface area contributed by atoms with Crippen molar-refractivity contribution in [3.63, 3.8) is 0 Å². The molecule has 0 bridgehead atoms. The van der Waals surface area contributed by atoms with E-state index in [4.69, 9.17) is 0 Å². The third-order valence-electron chi connectivity index (χ3n) is 3.58. The number of anilines is 1. The predicted octanol–water partition coefficient (Wildman–Crippen LogP) is 2.92. The van der Waals surface area contributed by atoms with E-state index in [0.29, 0.717) is 18.8 Å². The molecule has 1 saturated heterocycles. The number of benzene rings is 1. The molecule has 122 valence electrons. The van der Waals surface area contributed by atoms with E-state index in [1.165, 1.54) is 34.0 Å². The Hall–Kier alpha value is -1.77. The topological polar surface area (TPSA) is 66.5 Å². The number of hydrogen-bond donors (Lipinski definition) is 1. The molecule has 1 aliphatic heterocycles. The Morgan fingerprint density at radius 2 is 1.96 bits per heavy atom. The maximum absolute atomic E-state index is 13.1. The van der Waals surface area contributed by atoms with Crippen molar-refractivity contribution in [1.29, 1.82) is 0 Å². The molecule has 0 spiro atoms. The number of sulfonamides is 1. The summed E-state index contributed by atoms with van der Waals surface area (Å²) in [5.41, 5.74) is 0.326. The zero-order chi connectivity index (χ0) is 16.4. The lowest BCUT2D eigenvalue weighted by atomic mass is 10.3. The Morgan fingerprint density at radius 1 is 1.22 bits per heavy atom. The van der Waals surface area contributed by atoms with Gasteiger partial charge in [0.1, 0.15) is 5.82 Å². The zero-order valence-electron chi connectivity index (χ0n) is 12.2. The molecule has 1 aromatic carbocycles. The van der Waals surface area contributed by atoms with Crippen LogP contribution in [0.25, 0.3) is 0 Å². The van der Waals surface area contributed by atoms with Gasteiger partial charge in [-0.25, -0.2) is 12.8 Å². The van der Waals surface area contributed by atoms with Crippen molar-refractivity contribution in [2.75, 3.05) is 18.4 Å². The van der Waals surface area contributed by atoms with E-state index in [-0.39, 0.29) is 9.77 Å². The quantitative estimate of drug-likeness (QED) is 0.918. The first kappa shape index (κ1) is 16.1. The third-order valence-corrected chi connectivity index (χ3v) is 6.54. The van der Waals surface area contributed by atoms with Crippen LogP contribution in [-0.2, 0) is 10.0 Å². The molecule has 1 N–H and O–H groups in total. The summed E-state index contributed by atoms with van der Waals surface area (Å²) in [6, 6.07) is 6.90. The molecule has 8 heteroatoms. The largest absolute Gasteiger partial charge is 0.321 e. The first-order valence-electron chi connectivity index (χ1n) is 7.12. The average molecular weight is 354 g/mol. The number of carbonyl (C=O) groups is 1. The van der Waals surface area contributed by atoms with Crippen LogP contribution in [0.2, 0.25) is 0 Å². The number of amides is 1. The van der Waals surface area contributed by atoms with Gasteiger partial charge >= 0.3 is 0 Å². The molecular weight excluding hydrogens is 339 g/mol. The molecule has 1 amide bonds. The van der Waals surface area contributed by atoms with Crippen molar-refractivity contribution in [3.05, 3.63) is 46.4 Å². The summed E-state index contributed by atoms with van der Waals surface area (Å²) < 4.78 is 39.4. The van der Waals surface area contributed by atoms with Gasteiger partial charge < -0.3 is 5.32 Å². The van der Waals surface area contributed by atoms with Gasteiger partial charge in [-0.3, -0.25) is 4.79 Å². The van der Waals surface area contributed by atoms with Gasteiger partial charge in [0.25, 0.3) is 5.91 Å². The second kappa shape index (κ2) is 6.38. The molecule has 1 aromatic heterocycles. The molecule has 1 aliphatic rings. The van der Waals surface area contributed by atoms with Crippen LogP contribution in [0.1, 0.15) is 22.5 Å². The van der Waals surface area contributed by atoms with Gasteiger partial charge in [-0.05, 0) is 37.1 Å². The lowest BCUT2D eigenvalue weighted by Crippen LogP contribution is -2.27.